The Balaban J connectivity index is 1.26. The van der Waals surface area contributed by atoms with Crippen LogP contribution in [0.3, 0.4) is 0 Å². The highest BCUT2D eigenvalue weighted by Crippen LogP contribution is 2.42. The maximum atomic E-state index is 14.0. The Bertz CT molecular complexity index is 1860. The summed E-state index contributed by atoms with van der Waals surface area (Å²) < 4.78 is 21.3. The van der Waals surface area contributed by atoms with Crippen LogP contribution in [0.4, 0.5) is 26.7 Å². The molecule has 16 heteroatoms. The van der Waals surface area contributed by atoms with Gasteiger partial charge in [0.25, 0.3) is 11.8 Å². The molecule has 4 heterocycles. The molecule has 0 spiro atoms. The number of fused-ring (bicyclic) bond motifs is 4. The van der Waals surface area contributed by atoms with Gasteiger partial charge in [0.05, 0.1) is 48.8 Å². The standard InChI is InChI=1S/C36H39N5O11/c1-5-12-51-35(47)40-25-16-21(9-10-22(25)31(43)38-11-7-8-24(38)33(40)45)37-30(42)15-20-14-27-34(46)41(36(48)52-13-6-2)26-18-29(50-4)28(49-3)17-23(26)32(44)39(27)19-20/h5-6,9-10,16-19,24,27,33-34,45-46H,1-2,7-8,11-15H2,3-4H3,(H,37,42)/t24-,27-,33-,34-/m0/s1. The van der Waals surface area contributed by atoms with Crippen LogP contribution in [0.2, 0.25) is 0 Å². The van der Waals surface area contributed by atoms with E-state index < -0.39 is 48.5 Å². The number of methoxy groups -OCH3 is 2. The van der Waals surface area contributed by atoms with Crippen LogP contribution < -0.4 is 24.6 Å². The lowest BCUT2D eigenvalue weighted by Crippen LogP contribution is -2.50. The summed E-state index contributed by atoms with van der Waals surface area (Å²) in [7, 11) is 2.79. The Morgan fingerprint density at radius 3 is 2.12 bits per heavy atom. The molecule has 1 saturated heterocycles. The fourth-order valence-corrected chi connectivity index (χ4v) is 7.02. The Kier molecular flexibility index (Phi) is 10.2. The molecule has 274 valence electrons. The lowest BCUT2D eigenvalue weighted by molar-refractivity contribution is -0.115. The van der Waals surface area contributed by atoms with Crippen LogP contribution in [-0.2, 0) is 14.3 Å². The highest BCUT2D eigenvalue weighted by molar-refractivity contribution is 6.08. The van der Waals surface area contributed by atoms with Crippen molar-refractivity contribution in [2.75, 3.05) is 49.1 Å². The first-order chi connectivity index (χ1) is 25.0. The van der Waals surface area contributed by atoms with Gasteiger partial charge in [-0.25, -0.2) is 19.4 Å². The van der Waals surface area contributed by atoms with Crippen LogP contribution in [0.5, 0.6) is 11.5 Å². The minimum absolute atomic E-state index is 0.0232. The van der Waals surface area contributed by atoms with E-state index in [9.17, 15) is 34.2 Å². The highest BCUT2D eigenvalue weighted by atomic mass is 16.6. The molecule has 0 bridgehead atoms. The third kappa shape index (κ3) is 6.41. The summed E-state index contributed by atoms with van der Waals surface area (Å²) in [4.78, 5) is 72.1. The van der Waals surface area contributed by atoms with E-state index in [1.807, 2.05) is 0 Å². The number of amides is 5. The molecule has 3 N–H and O–H groups in total. The number of hydrogen-bond donors (Lipinski definition) is 3. The predicted molar refractivity (Wildman–Crippen MR) is 186 cm³/mol. The third-order valence-electron chi connectivity index (χ3n) is 9.36. The van der Waals surface area contributed by atoms with Gasteiger partial charge in [-0.15, -0.1) is 0 Å². The molecule has 4 aliphatic rings. The number of carbonyl (C=O) groups excluding carboxylic acids is 5. The van der Waals surface area contributed by atoms with E-state index in [1.54, 1.807) is 0 Å². The zero-order valence-corrected chi connectivity index (χ0v) is 28.6. The molecule has 0 saturated carbocycles. The molecule has 4 atom stereocenters. The molecule has 5 amide bonds. The summed E-state index contributed by atoms with van der Waals surface area (Å²) >= 11 is 0. The second-order valence-electron chi connectivity index (χ2n) is 12.5. The summed E-state index contributed by atoms with van der Waals surface area (Å²) in [6.45, 7) is 7.24. The van der Waals surface area contributed by atoms with Crippen molar-refractivity contribution >= 4 is 47.0 Å². The average Bonchev–Trinajstić information content (AvgIpc) is 3.77. The van der Waals surface area contributed by atoms with Crippen molar-refractivity contribution in [1.29, 1.82) is 0 Å². The largest absolute Gasteiger partial charge is 0.493 e. The molecule has 6 rings (SSSR count). The first kappa shape index (κ1) is 35.9. The summed E-state index contributed by atoms with van der Waals surface area (Å²) in [5.41, 5.74) is 0.976. The number of rotatable bonds is 9. The molecule has 16 nitrogen and oxygen atoms in total. The number of hydrogen-bond acceptors (Lipinski definition) is 11. The van der Waals surface area contributed by atoms with Gasteiger partial charge in [0.2, 0.25) is 5.91 Å². The van der Waals surface area contributed by atoms with Crippen molar-refractivity contribution in [2.24, 2.45) is 0 Å². The maximum absolute atomic E-state index is 14.0. The molecule has 2 aromatic carbocycles. The van der Waals surface area contributed by atoms with Crippen LogP contribution in [0.25, 0.3) is 0 Å². The first-order valence-corrected chi connectivity index (χ1v) is 16.6. The quantitative estimate of drug-likeness (QED) is 0.323. The lowest BCUT2D eigenvalue weighted by Gasteiger charge is -2.31. The number of ether oxygens (including phenoxy) is 4. The van der Waals surface area contributed by atoms with Crippen molar-refractivity contribution < 1.29 is 53.1 Å². The van der Waals surface area contributed by atoms with Gasteiger partial charge in [0, 0.05) is 30.9 Å². The average molecular weight is 718 g/mol. The van der Waals surface area contributed by atoms with Gasteiger partial charge < -0.3 is 44.3 Å². The van der Waals surface area contributed by atoms with Crippen LogP contribution in [0.15, 0.2) is 67.4 Å². The van der Waals surface area contributed by atoms with E-state index in [0.29, 0.717) is 25.0 Å². The molecule has 2 aromatic rings. The highest BCUT2D eigenvalue weighted by Gasteiger charge is 2.47. The zero-order valence-electron chi connectivity index (χ0n) is 28.6. The normalized spacial score (nSPS) is 21.8. The fourth-order valence-electron chi connectivity index (χ4n) is 7.02. The molecule has 0 unspecified atom stereocenters. The maximum Gasteiger partial charge on any atom is 0.416 e. The van der Waals surface area contributed by atoms with E-state index >= 15 is 0 Å². The van der Waals surface area contributed by atoms with E-state index in [4.69, 9.17) is 18.9 Å². The summed E-state index contributed by atoms with van der Waals surface area (Å²) in [5, 5.41) is 25.7. The van der Waals surface area contributed by atoms with Gasteiger partial charge in [-0.3, -0.25) is 14.4 Å². The van der Waals surface area contributed by atoms with Gasteiger partial charge >= 0.3 is 12.2 Å². The first-order valence-electron chi connectivity index (χ1n) is 16.6. The van der Waals surface area contributed by atoms with E-state index in [-0.39, 0.29) is 71.7 Å². The predicted octanol–water partition coefficient (Wildman–Crippen LogP) is 3.36. The van der Waals surface area contributed by atoms with Gasteiger partial charge in [0.1, 0.15) is 13.2 Å². The number of aliphatic hydroxyl groups is 2. The van der Waals surface area contributed by atoms with Crippen LogP contribution in [-0.4, -0.2) is 108 Å². The zero-order chi connectivity index (χ0) is 37.3. The molecule has 52 heavy (non-hydrogen) atoms. The summed E-state index contributed by atoms with van der Waals surface area (Å²) in [6.07, 6.45) is 0.361. The topological polar surface area (TPSA) is 188 Å². The second kappa shape index (κ2) is 14.8. The number of carbonyl (C=O) groups is 5. The Morgan fingerprint density at radius 1 is 0.865 bits per heavy atom. The molecule has 0 radical (unpaired) electrons. The van der Waals surface area contributed by atoms with Gasteiger partial charge in [-0.2, -0.15) is 0 Å². The molecule has 1 fully saturated rings. The summed E-state index contributed by atoms with van der Waals surface area (Å²) in [6, 6.07) is 5.59. The lowest BCUT2D eigenvalue weighted by atomic mass is 10.1. The second-order valence-corrected chi connectivity index (χ2v) is 12.5. The van der Waals surface area contributed by atoms with Gasteiger partial charge in [0.15, 0.2) is 24.0 Å². The third-order valence-corrected chi connectivity index (χ3v) is 9.36. The fraction of sp³-hybridized carbons (Fsp3) is 0.361. The van der Waals surface area contributed by atoms with E-state index in [0.717, 1.165) is 9.80 Å². The van der Waals surface area contributed by atoms with Crippen molar-refractivity contribution in [1.82, 2.24) is 9.80 Å². The number of nitrogens with one attached hydrogen (secondary N) is 1. The van der Waals surface area contributed by atoms with Crippen molar-refractivity contribution in [3.8, 4) is 11.5 Å². The molecule has 0 aromatic heterocycles. The Labute approximate surface area is 299 Å². The van der Waals surface area contributed by atoms with E-state index in [2.05, 4.69) is 18.5 Å². The molecule has 0 aliphatic carbocycles. The molecular weight excluding hydrogens is 678 g/mol. The monoisotopic (exact) mass is 717 g/mol. The molecule has 4 aliphatic heterocycles. The minimum atomic E-state index is -1.59. The minimum Gasteiger partial charge on any atom is -0.493 e. The SMILES string of the molecule is C=CCOC(=O)N1c2cc(OC)c(OC)cc2C(=O)N2C=C(CC(=O)Nc3ccc4c(c3)N(C(=O)OCC=C)[C@@H](O)[C@@H]3CCCN3C4=O)C[C@H]2[C@@H]1O. The number of benzene rings is 2. The summed E-state index contributed by atoms with van der Waals surface area (Å²) in [5.74, 6) is -1.01. The van der Waals surface area contributed by atoms with E-state index in [1.165, 1.54) is 72.7 Å². The van der Waals surface area contributed by atoms with Crippen molar-refractivity contribution in [2.45, 2.75) is 50.2 Å². The van der Waals surface area contributed by atoms with Gasteiger partial charge in [-0.1, -0.05) is 25.3 Å². The number of nitrogens with zero attached hydrogens (tertiary/aromatic N) is 4. The van der Waals surface area contributed by atoms with Crippen LogP contribution >= 0.6 is 0 Å². The van der Waals surface area contributed by atoms with Crippen LogP contribution in [0.1, 0.15) is 46.4 Å². The van der Waals surface area contributed by atoms with Crippen molar-refractivity contribution in [3.05, 3.63) is 78.5 Å². The van der Waals surface area contributed by atoms with Crippen LogP contribution in [0, 0.1) is 0 Å². The molecular formula is C36H39N5O11. The number of aliphatic hydroxyl groups excluding tert-OH is 2. The van der Waals surface area contributed by atoms with Gasteiger partial charge in [-0.05, 0) is 49.1 Å². The Hall–Kier alpha value is -5.87. The smallest absolute Gasteiger partial charge is 0.416 e. The van der Waals surface area contributed by atoms with Crippen molar-refractivity contribution in [3.63, 3.8) is 0 Å². The Morgan fingerprint density at radius 2 is 1.48 bits per heavy atom. The number of anilines is 3.